The fourth-order valence-electron chi connectivity index (χ4n) is 0.933. The van der Waals surface area contributed by atoms with Gasteiger partial charge in [0, 0.05) is 11.3 Å². The van der Waals surface area contributed by atoms with Gasteiger partial charge in [-0.2, -0.15) is 0 Å². The van der Waals surface area contributed by atoms with Crippen molar-refractivity contribution in [3.05, 3.63) is 22.4 Å². The highest BCUT2D eigenvalue weighted by atomic mass is 32.2. The van der Waals surface area contributed by atoms with Crippen molar-refractivity contribution < 1.29 is 8.42 Å². The van der Waals surface area contributed by atoms with Crippen molar-refractivity contribution in [2.24, 2.45) is 5.14 Å². The maximum Gasteiger partial charge on any atom is 0.214 e. The van der Waals surface area contributed by atoms with E-state index in [1.54, 1.807) is 25.2 Å². The molecule has 0 radical (unpaired) electrons. The van der Waals surface area contributed by atoms with Crippen LogP contribution in [-0.4, -0.2) is 13.2 Å². The molecule has 1 aromatic heterocycles. The lowest BCUT2D eigenvalue weighted by Crippen LogP contribution is -2.39. The van der Waals surface area contributed by atoms with E-state index in [1.165, 1.54) is 0 Å². The molecule has 0 aliphatic rings. The maximum atomic E-state index is 11.2. The molecule has 0 aliphatic carbocycles. The standard InChI is InChI=1S/C8H13NO2S2/c1-8(2,13(9,10)11)6-7-4-3-5-12-7/h3-5H,6H2,1-2H3,(H2,9,10,11). The Hall–Kier alpha value is -0.390. The van der Waals surface area contributed by atoms with E-state index in [0.717, 1.165) is 4.88 Å². The molecule has 0 spiro atoms. The summed E-state index contributed by atoms with van der Waals surface area (Å²) in [5.41, 5.74) is 0. The summed E-state index contributed by atoms with van der Waals surface area (Å²) in [4.78, 5) is 1.04. The van der Waals surface area contributed by atoms with Gasteiger partial charge in [-0.3, -0.25) is 0 Å². The fourth-order valence-corrected chi connectivity index (χ4v) is 2.31. The van der Waals surface area contributed by atoms with E-state index in [4.69, 9.17) is 5.14 Å². The topological polar surface area (TPSA) is 60.2 Å². The summed E-state index contributed by atoms with van der Waals surface area (Å²) in [7, 11) is -3.47. The Balaban J connectivity index is 2.86. The minimum atomic E-state index is -3.47. The minimum absolute atomic E-state index is 0.476. The van der Waals surface area contributed by atoms with E-state index in [0.29, 0.717) is 6.42 Å². The molecule has 1 aromatic rings. The molecule has 0 saturated heterocycles. The van der Waals surface area contributed by atoms with Crippen molar-refractivity contribution in [1.29, 1.82) is 0 Å². The smallest absolute Gasteiger partial charge is 0.214 e. The molecule has 0 unspecified atom stereocenters. The lowest BCUT2D eigenvalue weighted by Gasteiger charge is -2.20. The molecule has 3 nitrogen and oxygen atoms in total. The Morgan fingerprint density at radius 1 is 1.54 bits per heavy atom. The van der Waals surface area contributed by atoms with Gasteiger partial charge in [0.25, 0.3) is 0 Å². The largest absolute Gasteiger partial charge is 0.228 e. The third-order valence-corrected chi connectivity index (χ3v) is 4.51. The van der Waals surface area contributed by atoms with Crippen LogP contribution in [0.1, 0.15) is 18.7 Å². The summed E-state index contributed by atoms with van der Waals surface area (Å²) < 4.78 is 21.4. The van der Waals surface area contributed by atoms with Crippen molar-refractivity contribution in [3.63, 3.8) is 0 Å². The second kappa shape index (κ2) is 3.40. The summed E-state index contributed by atoms with van der Waals surface area (Å²) in [6.45, 7) is 3.28. The molecule has 0 saturated carbocycles. The SMILES string of the molecule is CC(C)(Cc1cccs1)S(N)(=O)=O. The van der Waals surface area contributed by atoms with Gasteiger partial charge in [-0.05, 0) is 25.3 Å². The molecule has 0 fully saturated rings. The van der Waals surface area contributed by atoms with Crippen LogP contribution in [0.4, 0.5) is 0 Å². The molecule has 0 aromatic carbocycles. The fraction of sp³-hybridized carbons (Fsp3) is 0.500. The van der Waals surface area contributed by atoms with Crippen LogP contribution in [0.2, 0.25) is 0 Å². The Morgan fingerprint density at radius 2 is 2.15 bits per heavy atom. The second-order valence-electron chi connectivity index (χ2n) is 3.56. The zero-order valence-corrected chi connectivity index (χ0v) is 9.28. The van der Waals surface area contributed by atoms with E-state index in [-0.39, 0.29) is 0 Å². The van der Waals surface area contributed by atoms with Crippen LogP contribution in [0.3, 0.4) is 0 Å². The number of hydrogen-bond donors (Lipinski definition) is 1. The maximum absolute atomic E-state index is 11.2. The van der Waals surface area contributed by atoms with Crippen molar-refractivity contribution in [1.82, 2.24) is 0 Å². The van der Waals surface area contributed by atoms with Crippen molar-refractivity contribution in [2.75, 3.05) is 0 Å². The van der Waals surface area contributed by atoms with Crippen LogP contribution in [-0.2, 0) is 16.4 Å². The molecule has 0 bridgehead atoms. The molecule has 0 aliphatic heterocycles. The number of hydrogen-bond acceptors (Lipinski definition) is 3. The Bertz CT molecular complexity index is 365. The molecular formula is C8H13NO2S2. The highest BCUT2D eigenvalue weighted by molar-refractivity contribution is 7.90. The van der Waals surface area contributed by atoms with Gasteiger partial charge in [0.2, 0.25) is 10.0 Å². The first kappa shape index (κ1) is 10.7. The number of nitrogens with two attached hydrogens (primary N) is 1. The van der Waals surface area contributed by atoms with Gasteiger partial charge in [-0.15, -0.1) is 11.3 Å². The number of primary sulfonamides is 1. The van der Waals surface area contributed by atoms with Crippen molar-refractivity contribution >= 4 is 21.4 Å². The van der Waals surface area contributed by atoms with Gasteiger partial charge in [0.05, 0.1) is 4.75 Å². The summed E-state index contributed by atoms with van der Waals surface area (Å²) in [6.07, 6.45) is 0.476. The molecular weight excluding hydrogens is 206 g/mol. The molecule has 0 amide bonds. The number of sulfonamides is 1. The van der Waals surface area contributed by atoms with Gasteiger partial charge in [0.15, 0.2) is 0 Å². The Kier molecular flexibility index (Phi) is 2.79. The Morgan fingerprint density at radius 3 is 2.54 bits per heavy atom. The monoisotopic (exact) mass is 219 g/mol. The van der Waals surface area contributed by atoms with E-state index in [1.807, 2.05) is 17.5 Å². The quantitative estimate of drug-likeness (QED) is 0.834. The highest BCUT2D eigenvalue weighted by Crippen LogP contribution is 2.22. The summed E-state index contributed by atoms with van der Waals surface area (Å²) >= 11 is 1.55. The normalized spacial score (nSPS) is 13.2. The molecule has 13 heavy (non-hydrogen) atoms. The summed E-state index contributed by atoms with van der Waals surface area (Å²) in [6, 6.07) is 3.82. The van der Waals surface area contributed by atoms with Crippen LogP contribution in [0.5, 0.6) is 0 Å². The Labute approximate surface area is 82.6 Å². The van der Waals surface area contributed by atoms with E-state index in [9.17, 15) is 8.42 Å². The van der Waals surface area contributed by atoms with Crippen LogP contribution in [0.15, 0.2) is 17.5 Å². The van der Waals surface area contributed by atoms with Gasteiger partial charge in [-0.25, -0.2) is 13.6 Å². The average molecular weight is 219 g/mol. The molecule has 2 N–H and O–H groups in total. The molecule has 5 heteroatoms. The minimum Gasteiger partial charge on any atom is -0.228 e. The van der Waals surface area contributed by atoms with E-state index >= 15 is 0 Å². The average Bonchev–Trinajstić information content (AvgIpc) is 2.35. The summed E-state index contributed by atoms with van der Waals surface area (Å²) in [5, 5.41) is 7.03. The van der Waals surface area contributed by atoms with Crippen molar-refractivity contribution in [3.8, 4) is 0 Å². The van der Waals surface area contributed by atoms with Crippen LogP contribution >= 0.6 is 11.3 Å². The van der Waals surface area contributed by atoms with Crippen LogP contribution < -0.4 is 5.14 Å². The molecule has 0 atom stereocenters. The highest BCUT2D eigenvalue weighted by Gasteiger charge is 2.31. The summed E-state index contributed by atoms with van der Waals surface area (Å²) in [5.74, 6) is 0. The molecule has 1 rings (SSSR count). The second-order valence-corrected chi connectivity index (χ2v) is 6.79. The predicted molar refractivity (Wildman–Crippen MR) is 55.2 cm³/mol. The first-order valence-corrected chi connectivity index (χ1v) is 6.30. The van der Waals surface area contributed by atoms with Gasteiger partial charge in [-0.1, -0.05) is 6.07 Å². The van der Waals surface area contributed by atoms with Crippen LogP contribution in [0, 0.1) is 0 Å². The predicted octanol–water partition coefficient (Wildman–Crippen LogP) is 1.36. The lowest BCUT2D eigenvalue weighted by atomic mass is 10.1. The van der Waals surface area contributed by atoms with Crippen LogP contribution in [0.25, 0.3) is 0 Å². The first-order chi connectivity index (χ1) is 5.83. The van der Waals surface area contributed by atoms with Gasteiger partial charge >= 0.3 is 0 Å². The van der Waals surface area contributed by atoms with Crippen molar-refractivity contribution in [2.45, 2.75) is 25.0 Å². The number of thiophene rings is 1. The molecule has 74 valence electrons. The third-order valence-electron chi connectivity index (χ3n) is 1.95. The number of rotatable bonds is 3. The third kappa shape index (κ3) is 2.52. The lowest BCUT2D eigenvalue weighted by molar-refractivity contribution is 0.547. The van der Waals surface area contributed by atoms with Gasteiger partial charge < -0.3 is 0 Å². The zero-order valence-electron chi connectivity index (χ0n) is 7.65. The van der Waals surface area contributed by atoms with E-state index < -0.39 is 14.8 Å². The first-order valence-electron chi connectivity index (χ1n) is 3.88. The zero-order chi connectivity index (χ0) is 10.1. The van der Waals surface area contributed by atoms with E-state index in [2.05, 4.69) is 0 Å². The van der Waals surface area contributed by atoms with Gasteiger partial charge in [0.1, 0.15) is 0 Å². The molecule has 1 heterocycles.